The summed E-state index contributed by atoms with van der Waals surface area (Å²) in [5.74, 6) is -0.843. The molecule has 122 valence electrons. The third-order valence-electron chi connectivity index (χ3n) is 3.44. The molecule has 0 aliphatic carbocycles. The smallest absolute Gasteiger partial charge is 0.315 e. The summed E-state index contributed by atoms with van der Waals surface area (Å²) < 4.78 is 10.4. The third-order valence-corrected chi connectivity index (χ3v) is 3.74. The van der Waals surface area contributed by atoms with Gasteiger partial charge in [-0.05, 0) is 29.8 Å². The summed E-state index contributed by atoms with van der Waals surface area (Å²) in [5.41, 5.74) is 0.0415. The van der Waals surface area contributed by atoms with Crippen molar-refractivity contribution in [1.29, 1.82) is 0 Å². The van der Waals surface area contributed by atoms with E-state index in [2.05, 4.69) is 0 Å². The number of nitro groups is 1. The fourth-order valence-electron chi connectivity index (χ4n) is 2.32. The molecule has 7 nitrogen and oxygen atoms in total. The first-order valence-electron chi connectivity index (χ1n) is 6.70. The Morgan fingerprint density at radius 3 is 2.75 bits per heavy atom. The number of methoxy groups -OCH3 is 1. The zero-order chi connectivity index (χ0) is 17.4. The van der Waals surface area contributed by atoms with E-state index in [1.54, 1.807) is 18.2 Å². The standard InChI is InChI=1S/C16H10ClNO6/c1-23-12-6-8(5-11(15(12)20)18(21)22)7-13-14(19)9-3-2-4-10(17)16(9)24-13/h2-7,20H,1H3. The van der Waals surface area contributed by atoms with Gasteiger partial charge in [-0.1, -0.05) is 17.7 Å². The van der Waals surface area contributed by atoms with E-state index in [1.807, 2.05) is 0 Å². The average Bonchev–Trinajstić information content (AvgIpc) is 2.86. The molecule has 3 rings (SSSR count). The van der Waals surface area contributed by atoms with Crippen molar-refractivity contribution in [3.63, 3.8) is 0 Å². The van der Waals surface area contributed by atoms with Gasteiger partial charge >= 0.3 is 5.69 Å². The van der Waals surface area contributed by atoms with Crippen LogP contribution in [-0.4, -0.2) is 22.9 Å². The van der Waals surface area contributed by atoms with Gasteiger partial charge in [-0.2, -0.15) is 0 Å². The molecule has 0 saturated carbocycles. The Balaban J connectivity index is 2.07. The van der Waals surface area contributed by atoms with Crippen LogP contribution in [0.5, 0.6) is 17.2 Å². The molecule has 0 atom stereocenters. The molecule has 0 aromatic heterocycles. The van der Waals surface area contributed by atoms with Crippen LogP contribution < -0.4 is 9.47 Å². The highest BCUT2D eigenvalue weighted by Crippen LogP contribution is 2.40. The van der Waals surface area contributed by atoms with Gasteiger partial charge in [0, 0.05) is 6.07 Å². The maximum Gasteiger partial charge on any atom is 0.315 e. The van der Waals surface area contributed by atoms with Gasteiger partial charge in [0.05, 0.1) is 22.6 Å². The number of halogens is 1. The monoisotopic (exact) mass is 347 g/mol. The normalized spacial score (nSPS) is 14.4. The van der Waals surface area contributed by atoms with Gasteiger partial charge < -0.3 is 14.6 Å². The number of allylic oxidation sites excluding steroid dienone is 1. The number of fused-ring (bicyclic) bond motifs is 1. The lowest BCUT2D eigenvalue weighted by Crippen LogP contribution is -1.99. The van der Waals surface area contributed by atoms with Crippen LogP contribution in [0.3, 0.4) is 0 Å². The summed E-state index contributed by atoms with van der Waals surface area (Å²) in [6.07, 6.45) is 1.33. The number of phenols is 1. The second-order valence-electron chi connectivity index (χ2n) is 4.90. The Hall–Kier alpha value is -3.06. The molecule has 0 unspecified atom stereocenters. The van der Waals surface area contributed by atoms with Crippen LogP contribution in [0, 0.1) is 10.1 Å². The van der Waals surface area contributed by atoms with Crippen molar-refractivity contribution < 1.29 is 24.3 Å². The van der Waals surface area contributed by atoms with Gasteiger partial charge in [-0.25, -0.2) is 0 Å². The van der Waals surface area contributed by atoms with E-state index in [0.29, 0.717) is 10.6 Å². The Morgan fingerprint density at radius 2 is 2.12 bits per heavy atom. The first-order chi connectivity index (χ1) is 11.4. The number of aromatic hydroxyl groups is 1. The number of Topliss-reactive ketones (excluding diaryl/α,β-unsaturated/α-hetero) is 1. The molecule has 1 aliphatic rings. The molecule has 0 fully saturated rings. The first-order valence-corrected chi connectivity index (χ1v) is 7.08. The topological polar surface area (TPSA) is 98.9 Å². The third kappa shape index (κ3) is 2.55. The van der Waals surface area contributed by atoms with Crippen LogP contribution >= 0.6 is 11.6 Å². The van der Waals surface area contributed by atoms with Crippen LogP contribution in [0.25, 0.3) is 6.08 Å². The van der Waals surface area contributed by atoms with Gasteiger partial charge in [-0.15, -0.1) is 0 Å². The fraction of sp³-hybridized carbons (Fsp3) is 0.0625. The number of benzene rings is 2. The lowest BCUT2D eigenvalue weighted by molar-refractivity contribution is -0.386. The second kappa shape index (κ2) is 5.86. The maximum absolute atomic E-state index is 12.3. The molecular formula is C16H10ClNO6. The number of ketones is 1. The first kappa shape index (κ1) is 15.8. The largest absolute Gasteiger partial charge is 0.500 e. The predicted octanol–water partition coefficient (Wildman–Crippen LogP) is 3.58. The van der Waals surface area contributed by atoms with Crippen LogP contribution in [-0.2, 0) is 0 Å². The number of rotatable bonds is 3. The molecule has 0 amide bonds. The van der Waals surface area contributed by atoms with Gasteiger partial charge in [0.2, 0.25) is 11.5 Å². The van der Waals surface area contributed by atoms with Crippen LogP contribution in [0.4, 0.5) is 5.69 Å². The molecule has 2 aromatic carbocycles. The molecular weight excluding hydrogens is 338 g/mol. The summed E-state index contributed by atoms with van der Waals surface area (Å²) in [7, 11) is 1.27. The minimum absolute atomic E-state index is 0.0276. The number of phenolic OH excluding ortho intramolecular Hbond substituents is 1. The van der Waals surface area contributed by atoms with Crippen LogP contribution in [0.2, 0.25) is 5.02 Å². The summed E-state index contributed by atoms with van der Waals surface area (Å²) in [4.78, 5) is 22.6. The molecule has 1 aliphatic heterocycles. The Kier molecular flexibility index (Phi) is 3.86. The number of carbonyl (C=O) groups excluding carboxylic acids is 1. The van der Waals surface area contributed by atoms with Crippen molar-refractivity contribution in [2.45, 2.75) is 0 Å². The van der Waals surface area contributed by atoms with Crippen molar-refractivity contribution >= 4 is 29.1 Å². The maximum atomic E-state index is 12.3. The van der Waals surface area contributed by atoms with Crippen molar-refractivity contribution in [2.75, 3.05) is 7.11 Å². The van der Waals surface area contributed by atoms with Crippen molar-refractivity contribution in [3.8, 4) is 17.2 Å². The Bertz CT molecular complexity index is 906. The predicted molar refractivity (Wildman–Crippen MR) is 85.7 cm³/mol. The fourth-order valence-corrected chi connectivity index (χ4v) is 2.53. The zero-order valence-electron chi connectivity index (χ0n) is 12.3. The molecule has 2 aromatic rings. The van der Waals surface area contributed by atoms with E-state index in [1.165, 1.54) is 19.3 Å². The molecule has 0 bridgehead atoms. The van der Waals surface area contributed by atoms with E-state index in [0.717, 1.165) is 6.07 Å². The van der Waals surface area contributed by atoms with Crippen LogP contribution in [0.1, 0.15) is 15.9 Å². The molecule has 0 radical (unpaired) electrons. The summed E-state index contributed by atoms with van der Waals surface area (Å²) in [6.45, 7) is 0. The molecule has 0 saturated heterocycles. The molecule has 24 heavy (non-hydrogen) atoms. The molecule has 1 heterocycles. The highest BCUT2D eigenvalue weighted by atomic mass is 35.5. The molecule has 1 N–H and O–H groups in total. The number of hydrogen-bond donors (Lipinski definition) is 1. The summed E-state index contributed by atoms with van der Waals surface area (Å²) in [6, 6.07) is 7.26. The minimum atomic E-state index is -0.747. The average molecular weight is 348 g/mol. The quantitative estimate of drug-likeness (QED) is 0.517. The van der Waals surface area contributed by atoms with E-state index in [4.69, 9.17) is 21.1 Å². The Morgan fingerprint density at radius 1 is 1.38 bits per heavy atom. The highest BCUT2D eigenvalue weighted by Gasteiger charge is 2.29. The lowest BCUT2D eigenvalue weighted by atomic mass is 10.1. The van der Waals surface area contributed by atoms with Gasteiger partial charge in [0.15, 0.2) is 17.3 Å². The van der Waals surface area contributed by atoms with E-state index >= 15 is 0 Å². The molecule has 8 heteroatoms. The van der Waals surface area contributed by atoms with Crippen molar-refractivity contribution in [3.05, 3.63) is 62.4 Å². The van der Waals surface area contributed by atoms with Gasteiger partial charge in [0.25, 0.3) is 0 Å². The van der Waals surface area contributed by atoms with E-state index in [-0.39, 0.29) is 28.6 Å². The number of nitro benzene ring substituents is 1. The van der Waals surface area contributed by atoms with Crippen molar-refractivity contribution in [2.24, 2.45) is 0 Å². The molecule has 0 spiro atoms. The number of ether oxygens (including phenoxy) is 2. The van der Waals surface area contributed by atoms with E-state index < -0.39 is 16.4 Å². The van der Waals surface area contributed by atoms with Crippen LogP contribution in [0.15, 0.2) is 36.1 Å². The summed E-state index contributed by atoms with van der Waals surface area (Å²) in [5, 5.41) is 21.1. The van der Waals surface area contributed by atoms with Crippen molar-refractivity contribution in [1.82, 2.24) is 0 Å². The van der Waals surface area contributed by atoms with Gasteiger partial charge in [-0.3, -0.25) is 14.9 Å². The number of carbonyl (C=O) groups is 1. The SMILES string of the molecule is COc1cc(C=C2Oc3c(Cl)cccc3C2=O)cc([N+](=O)[O-])c1O. The van der Waals surface area contributed by atoms with E-state index in [9.17, 15) is 20.0 Å². The number of nitrogens with zero attached hydrogens (tertiary/aromatic N) is 1. The number of para-hydroxylation sites is 1. The Labute approximate surface area is 140 Å². The number of hydrogen-bond acceptors (Lipinski definition) is 6. The minimum Gasteiger partial charge on any atom is -0.500 e. The summed E-state index contributed by atoms with van der Waals surface area (Å²) >= 11 is 5.99. The van der Waals surface area contributed by atoms with Gasteiger partial charge in [0.1, 0.15) is 0 Å². The zero-order valence-corrected chi connectivity index (χ0v) is 13.0. The second-order valence-corrected chi connectivity index (χ2v) is 5.31. The highest BCUT2D eigenvalue weighted by molar-refractivity contribution is 6.33. The lowest BCUT2D eigenvalue weighted by Gasteiger charge is -2.06.